The molecule has 0 fully saturated rings. The van der Waals surface area contributed by atoms with Gasteiger partial charge in [-0.05, 0) is 37.3 Å². The third-order valence-electron chi connectivity index (χ3n) is 4.21. The Morgan fingerprint density at radius 1 is 1.39 bits per heavy atom. The van der Waals surface area contributed by atoms with E-state index in [4.69, 9.17) is 25.6 Å². The van der Waals surface area contributed by atoms with E-state index >= 15 is 0 Å². The van der Waals surface area contributed by atoms with Crippen LogP contribution < -0.4 is 15.4 Å². The summed E-state index contributed by atoms with van der Waals surface area (Å²) < 4.78 is 10.3. The Kier molecular flexibility index (Phi) is 6.20. The highest BCUT2D eigenvalue weighted by Crippen LogP contribution is 2.27. The monoisotopic (exact) mass is 405 g/mol. The number of hydrogen-bond donors (Lipinski definition) is 2. The van der Waals surface area contributed by atoms with E-state index in [2.05, 4.69) is 15.8 Å². The quantitative estimate of drug-likeness (QED) is 0.735. The topological polar surface area (TPSA) is 102 Å². The largest absolute Gasteiger partial charge is 0.497 e. The van der Waals surface area contributed by atoms with Crippen LogP contribution in [0.4, 0.5) is 0 Å². The van der Waals surface area contributed by atoms with Gasteiger partial charge in [0.25, 0.3) is 5.91 Å². The number of benzene rings is 1. The summed E-state index contributed by atoms with van der Waals surface area (Å²) in [6.45, 7) is 1.83. The summed E-state index contributed by atoms with van der Waals surface area (Å²) in [5.41, 5.74) is 1.18. The van der Waals surface area contributed by atoms with Crippen LogP contribution in [0.1, 0.15) is 24.7 Å². The maximum Gasteiger partial charge on any atom is 0.264 e. The fraction of sp³-hybridized carbons (Fsp3) is 0.316. The number of ether oxygens (including phenoxy) is 1. The highest BCUT2D eigenvalue weighted by atomic mass is 35.5. The first-order valence-electron chi connectivity index (χ1n) is 8.65. The molecule has 1 aliphatic heterocycles. The fourth-order valence-electron chi connectivity index (χ4n) is 2.64. The lowest BCUT2D eigenvalue weighted by molar-refractivity contribution is -0.135. The molecular formula is C19H20ClN3O5. The van der Waals surface area contributed by atoms with Crippen LogP contribution in [0.25, 0.3) is 0 Å². The Balaban J connectivity index is 1.53. The van der Waals surface area contributed by atoms with E-state index in [1.807, 2.05) is 0 Å². The second-order valence-electron chi connectivity index (χ2n) is 6.21. The number of rotatable bonds is 7. The van der Waals surface area contributed by atoms with E-state index in [-0.39, 0.29) is 18.9 Å². The number of methoxy groups -OCH3 is 1. The molecule has 0 radical (unpaired) electrons. The Labute approximate surface area is 166 Å². The molecule has 0 spiro atoms. The van der Waals surface area contributed by atoms with Gasteiger partial charge in [-0.1, -0.05) is 16.8 Å². The molecule has 1 aliphatic rings. The van der Waals surface area contributed by atoms with Crippen molar-refractivity contribution in [2.24, 2.45) is 5.16 Å². The average Bonchev–Trinajstić information content (AvgIpc) is 3.38. The maximum atomic E-state index is 12.4. The molecule has 0 saturated heterocycles. The number of hydrogen-bond acceptors (Lipinski definition) is 6. The lowest BCUT2D eigenvalue weighted by Gasteiger charge is -2.15. The maximum absolute atomic E-state index is 12.4. The Morgan fingerprint density at radius 2 is 2.21 bits per heavy atom. The molecule has 2 heterocycles. The molecule has 2 amide bonds. The molecule has 8 nitrogen and oxygen atoms in total. The molecule has 28 heavy (non-hydrogen) atoms. The smallest absolute Gasteiger partial charge is 0.264 e. The number of halogens is 1. The molecule has 1 aromatic heterocycles. The number of furan rings is 1. The zero-order chi connectivity index (χ0) is 20.1. The zero-order valence-electron chi connectivity index (χ0n) is 15.4. The number of carbonyl (C=O) groups excluding carboxylic acids is 2. The molecule has 2 atom stereocenters. The van der Waals surface area contributed by atoms with E-state index in [0.717, 1.165) is 0 Å². The third-order valence-corrected chi connectivity index (χ3v) is 4.54. The first-order valence-corrected chi connectivity index (χ1v) is 9.02. The molecule has 1 aromatic carbocycles. The van der Waals surface area contributed by atoms with Crippen LogP contribution in [0.15, 0.2) is 46.2 Å². The van der Waals surface area contributed by atoms with Crippen molar-refractivity contribution in [3.63, 3.8) is 0 Å². The molecule has 0 aliphatic carbocycles. The van der Waals surface area contributed by atoms with Gasteiger partial charge in [0.05, 0.1) is 30.7 Å². The standard InChI is InChI=1S/C19H20ClN3O5/c1-11(18(24)21-10-13-4-3-7-27-13)22-19(25)17-9-16(23-28-17)14-8-12(26-2)5-6-15(14)20/h3-8,11,17H,9-10H2,1-2H3,(H,21,24)(H,22,25). The van der Waals surface area contributed by atoms with Crippen LogP contribution >= 0.6 is 11.6 Å². The number of oxime groups is 1. The van der Waals surface area contributed by atoms with Crippen LogP contribution in [0, 0.1) is 0 Å². The summed E-state index contributed by atoms with van der Waals surface area (Å²) in [4.78, 5) is 29.8. The minimum Gasteiger partial charge on any atom is -0.497 e. The van der Waals surface area contributed by atoms with Gasteiger partial charge >= 0.3 is 0 Å². The van der Waals surface area contributed by atoms with Crippen molar-refractivity contribution in [2.75, 3.05) is 7.11 Å². The van der Waals surface area contributed by atoms with Gasteiger partial charge in [0.15, 0.2) is 0 Å². The van der Waals surface area contributed by atoms with Gasteiger partial charge in [-0.25, -0.2) is 0 Å². The van der Waals surface area contributed by atoms with E-state index in [0.29, 0.717) is 27.8 Å². The first-order chi connectivity index (χ1) is 13.5. The van der Waals surface area contributed by atoms with Crippen LogP contribution in [0.2, 0.25) is 5.02 Å². The molecule has 0 saturated carbocycles. The lowest BCUT2D eigenvalue weighted by atomic mass is 10.0. The Hall–Kier alpha value is -3.00. The Morgan fingerprint density at radius 3 is 2.93 bits per heavy atom. The first kappa shape index (κ1) is 19.8. The van der Waals surface area contributed by atoms with Crippen LogP contribution in [-0.4, -0.2) is 36.8 Å². The number of amides is 2. The molecule has 3 rings (SSSR count). The lowest BCUT2D eigenvalue weighted by Crippen LogP contribution is -2.47. The summed E-state index contributed by atoms with van der Waals surface area (Å²) in [5.74, 6) is 0.481. The minimum absolute atomic E-state index is 0.236. The van der Waals surface area contributed by atoms with Gasteiger partial charge in [0.1, 0.15) is 17.6 Å². The third kappa shape index (κ3) is 4.64. The predicted octanol–water partition coefficient (Wildman–Crippen LogP) is 2.26. The van der Waals surface area contributed by atoms with Gasteiger partial charge in [-0.3, -0.25) is 9.59 Å². The van der Waals surface area contributed by atoms with Crippen LogP contribution in [-0.2, 0) is 21.0 Å². The summed E-state index contributed by atoms with van der Waals surface area (Å²) in [6.07, 6.45) is 0.924. The van der Waals surface area contributed by atoms with Crippen molar-refractivity contribution in [2.45, 2.75) is 32.0 Å². The van der Waals surface area contributed by atoms with Crippen molar-refractivity contribution in [3.8, 4) is 5.75 Å². The number of nitrogens with zero attached hydrogens (tertiary/aromatic N) is 1. The van der Waals surface area contributed by atoms with E-state index in [1.165, 1.54) is 6.26 Å². The average molecular weight is 406 g/mol. The minimum atomic E-state index is -0.836. The van der Waals surface area contributed by atoms with E-state index in [1.54, 1.807) is 44.4 Å². The summed E-state index contributed by atoms with van der Waals surface area (Å²) in [6, 6.07) is 7.90. The molecule has 2 aromatic rings. The predicted molar refractivity (Wildman–Crippen MR) is 102 cm³/mol. The van der Waals surface area contributed by atoms with Crippen LogP contribution in [0.3, 0.4) is 0 Å². The molecular weight excluding hydrogens is 386 g/mol. The van der Waals surface area contributed by atoms with Crippen molar-refractivity contribution in [1.29, 1.82) is 0 Å². The van der Waals surface area contributed by atoms with Gasteiger partial charge in [-0.15, -0.1) is 0 Å². The Bertz CT molecular complexity index is 882. The summed E-state index contributed by atoms with van der Waals surface area (Å²) in [5, 5.41) is 9.76. The molecule has 2 unspecified atom stereocenters. The zero-order valence-corrected chi connectivity index (χ0v) is 16.2. The van der Waals surface area contributed by atoms with Crippen molar-refractivity contribution < 1.29 is 23.6 Å². The van der Waals surface area contributed by atoms with E-state index in [9.17, 15) is 9.59 Å². The number of nitrogens with one attached hydrogen (secondary N) is 2. The highest BCUT2D eigenvalue weighted by molar-refractivity contribution is 6.34. The summed E-state index contributed by atoms with van der Waals surface area (Å²) >= 11 is 6.21. The fourth-order valence-corrected chi connectivity index (χ4v) is 2.87. The van der Waals surface area contributed by atoms with Crippen molar-refractivity contribution in [1.82, 2.24) is 10.6 Å². The van der Waals surface area contributed by atoms with Crippen molar-refractivity contribution >= 4 is 29.1 Å². The van der Waals surface area contributed by atoms with E-state index < -0.39 is 18.1 Å². The molecule has 2 N–H and O–H groups in total. The highest BCUT2D eigenvalue weighted by Gasteiger charge is 2.31. The second kappa shape index (κ2) is 8.79. The van der Waals surface area contributed by atoms with Crippen LogP contribution in [0.5, 0.6) is 5.75 Å². The molecule has 0 bridgehead atoms. The SMILES string of the molecule is COc1ccc(Cl)c(C2=NOC(C(=O)NC(C)C(=O)NCc3ccco3)C2)c1. The normalized spacial score (nSPS) is 16.7. The second-order valence-corrected chi connectivity index (χ2v) is 6.62. The summed E-state index contributed by atoms with van der Waals surface area (Å²) in [7, 11) is 1.55. The van der Waals surface area contributed by atoms with Gasteiger partial charge in [0.2, 0.25) is 12.0 Å². The van der Waals surface area contributed by atoms with Gasteiger partial charge in [-0.2, -0.15) is 0 Å². The number of carbonyl (C=O) groups is 2. The van der Waals surface area contributed by atoms with Gasteiger partial charge in [0, 0.05) is 12.0 Å². The van der Waals surface area contributed by atoms with Gasteiger partial charge < -0.3 is 24.6 Å². The molecule has 148 valence electrons. The molecule has 9 heteroatoms. The van der Waals surface area contributed by atoms with Crippen molar-refractivity contribution in [3.05, 3.63) is 52.9 Å².